The minimum Gasteiger partial charge on any atom is -0.391 e. The molecular weight excluding hydrogens is 701 g/mol. The summed E-state index contributed by atoms with van der Waals surface area (Å²) < 4.78 is 0. The van der Waals surface area contributed by atoms with Gasteiger partial charge in [0, 0.05) is 43.8 Å². The van der Waals surface area contributed by atoms with Crippen LogP contribution in [0.1, 0.15) is 0 Å². The maximum atomic E-state index is 5.02. The second-order valence-electron chi connectivity index (χ2n) is 10.3. The van der Waals surface area contributed by atoms with Crippen LogP contribution in [0.25, 0.3) is 89.7 Å². The second-order valence-corrected chi connectivity index (χ2v) is 23.2. The van der Waals surface area contributed by atoms with Crippen molar-refractivity contribution in [3.05, 3.63) is 97.1 Å². The highest BCUT2D eigenvalue weighted by atomic mass is 35.9. The van der Waals surface area contributed by atoms with Gasteiger partial charge in [-0.1, -0.05) is 97.1 Å². The van der Waals surface area contributed by atoms with Crippen LogP contribution < -0.4 is 0 Å². The summed E-state index contributed by atoms with van der Waals surface area (Å²) in [4.78, 5) is 36.8. The SMILES string of the molecule is Cl.[Cl][Al-]([Cl])([Cl])[Cl].c1ccc2c(c1)-c1nc-2nc2[nH]c(nc3nc(nc4[nH]c(n1)c1ccccc41)-c1ccccc1-3)c1ccccc21. The summed E-state index contributed by atoms with van der Waals surface area (Å²) in [6.45, 7) is 0. The van der Waals surface area contributed by atoms with E-state index in [4.69, 9.17) is 70.1 Å². The van der Waals surface area contributed by atoms with Crippen molar-refractivity contribution in [2.45, 2.75) is 0 Å². The minimum atomic E-state index is -2.94. The van der Waals surface area contributed by atoms with Crippen LogP contribution in [0.4, 0.5) is 0 Å². The molecule has 5 heterocycles. The predicted molar refractivity (Wildman–Crippen MR) is 192 cm³/mol. The van der Waals surface area contributed by atoms with Gasteiger partial charge in [0.15, 0.2) is 23.3 Å². The summed E-state index contributed by atoms with van der Waals surface area (Å²) in [6.07, 6.45) is 0. The first-order valence-electron chi connectivity index (χ1n) is 13.9. The average molecular weight is 720 g/mol. The van der Waals surface area contributed by atoms with Crippen molar-refractivity contribution >= 4 is 106 Å². The third kappa shape index (κ3) is 5.70. The lowest BCUT2D eigenvalue weighted by Crippen LogP contribution is -1.91. The first-order valence-corrected chi connectivity index (χ1v) is 20.8. The molecule has 0 atom stereocenters. The molecule has 0 radical (unpaired) electrons. The number of rotatable bonds is 0. The molecule has 7 aromatic rings. The van der Waals surface area contributed by atoms with E-state index in [2.05, 4.69) is 9.97 Å². The van der Waals surface area contributed by atoms with Crippen LogP contribution >= 0.6 is 52.6 Å². The molecule has 0 amide bonds. The second kappa shape index (κ2) is 12.1. The normalized spacial score (nSPS) is 11.7. The van der Waals surface area contributed by atoms with E-state index in [-0.39, 0.29) is 12.4 Å². The van der Waals surface area contributed by atoms with E-state index in [1.165, 1.54) is 0 Å². The molecule has 226 valence electrons. The third-order valence-electron chi connectivity index (χ3n) is 7.46. The fraction of sp³-hybridized carbons (Fsp3) is 0. The van der Waals surface area contributed by atoms with Gasteiger partial charge in [-0.15, -0.1) is 12.4 Å². The minimum absolute atomic E-state index is 0. The average Bonchev–Trinajstić information content (AvgIpc) is 3.76. The summed E-state index contributed by atoms with van der Waals surface area (Å²) in [5, 5.41) is 3.82. The Kier molecular flexibility index (Phi) is 8.12. The number of nitrogens with one attached hydrogen (secondary N) is 2. The van der Waals surface area contributed by atoms with Gasteiger partial charge in [-0.2, -0.15) is 0 Å². The van der Waals surface area contributed by atoms with Crippen LogP contribution in [0.15, 0.2) is 97.1 Å². The molecule has 0 spiro atoms. The number of H-pyrrole nitrogens is 2. The molecule has 0 aliphatic carbocycles. The Morgan fingerprint density at radius 1 is 0.370 bits per heavy atom. The van der Waals surface area contributed by atoms with Crippen molar-refractivity contribution in [2.24, 2.45) is 0 Å². The van der Waals surface area contributed by atoms with Crippen LogP contribution in [0, 0.1) is 0 Å². The summed E-state index contributed by atoms with van der Waals surface area (Å²) in [6, 6.07) is 32.2. The van der Waals surface area contributed by atoms with Crippen molar-refractivity contribution in [3.63, 3.8) is 0 Å². The largest absolute Gasteiger partial charge is 0.564 e. The number of halogens is 5. The summed E-state index contributed by atoms with van der Waals surface area (Å²) >= 11 is 0. The molecule has 14 heteroatoms. The van der Waals surface area contributed by atoms with Gasteiger partial charge in [0.05, 0.1) is 0 Å². The molecule has 46 heavy (non-hydrogen) atoms. The van der Waals surface area contributed by atoms with Gasteiger partial charge >= 0.3 is 9.39 Å². The molecule has 9 rings (SSSR count). The van der Waals surface area contributed by atoms with Crippen molar-refractivity contribution in [1.82, 2.24) is 39.9 Å². The zero-order valence-electron chi connectivity index (χ0n) is 23.4. The summed E-state index contributed by atoms with van der Waals surface area (Å²) in [5.74, 6) is 2.39. The molecule has 4 aromatic carbocycles. The lowest BCUT2D eigenvalue weighted by molar-refractivity contribution is 1.19. The van der Waals surface area contributed by atoms with Gasteiger partial charge in [-0.3, -0.25) is 0 Å². The molecule has 3 aromatic heterocycles. The lowest BCUT2D eigenvalue weighted by Gasteiger charge is -1.97. The van der Waals surface area contributed by atoms with E-state index < -0.39 is 9.39 Å². The van der Waals surface area contributed by atoms with Crippen LogP contribution in [-0.4, -0.2) is 49.3 Å². The number of nitrogens with zero attached hydrogens (tertiary/aromatic N) is 6. The third-order valence-corrected chi connectivity index (χ3v) is 7.46. The molecule has 2 aliphatic heterocycles. The zero-order valence-corrected chi connectivity index (χ0v) is 28.4. The van der Waals surface area contributed by atoms with E-state index >= 15 is 0 Å². The monoisotopic (exact) mass is 717 g/mol. The Balaban J connectivity index is 0.000000526. The lowest BCUT2D eigenvalue weighted by atomic mass is 10.1. The van der Waals surface area contributed by atoms with Crippen molar-refractivity contribution in [1.29, 1.82) is 0 Å². The van der Waals surface area contributed by atoms with Gasteiger partial charge in [-0.05, 0) is 0 Å². The molecule has 8 nitrogen and oxygen atoms in total. The smallest absolute Gasteiger partial charge is 0.391 e. The van der Waals surface area contributed by atoms with E-state index in [0.717, 1.165) is 43.8 Å². The molecule has 2 aliphatic rings. The van der Waals surface area contributed by atoms with E-state index in [0.29, 0.717) is 45.9 Å². The predicted octanol–water partition coefficient (Wildman–Crippen LogP) is 9.67. The van der Waals surface area contributed by atoms with E-state index in [9.17, 15) is 0 Å². The fourth-order valence-corrected chi connectivity index (χ4v) is 5.59. The number of benzene rings is 4. The van der Waals surface area contributed by atoms with Crippen molar-refractivity contribution in [3.8, 4) is 45.6 Å². The van der Waals surface area contributed by atoms with Gasteiger partial charge in [0.1, 0.15) is 22.6 Å². The first-order chi connectivity index (χ1) is 21.8. The standard InChI is InChI=1S/C32H18N8.Al.5ClH/c1-2-10-18-17(9-1)25-33-26(18)38-28-21-13-5-6-14-22(21)30(35-28)40-32-24-16-8-7-15-23(24)31(36-32)39-29-20-12-4-3-11-19(20)27(34-29)37-25;;;;;;/h1-16H,(H2,33,34,35,36,37,38,39,40);;5*1H/q;+3;;;;;/p-4. The van der Waals surface area contributed by atoms with Crippen molar-refractivity contribution < 1.29 is 0 Å². The molecule has 8 bridgehead atoms. The Morgan fingerprint density at radius 2 is 0.587 bits per heavy atom. The molecule has 0 saturated heterocycles. The maximum absolute atomic E-state index is 5.02. The summed E-state index contributed by atoms with van der Waals surface area (Å²) in [5.41, 5.74) is 6.45. The molecule has 0 saturated carbocycles. The zero-order chi connectivity index (χ0) is 30.7. The number of fused-ring (bicyclic) bond motifs is 20. The Labute approximate surface area is 286 Å². The molecule has 0 unspecified atom stereocenters. The van der Waals surface area contributed by atoms with E-state index in [1.54, 1.807) is 0 Å². The summed E-state index contributed by atoms with van der Waals surface area (Å²) in [7, 11) is 17.0. The number of aromatic nitrogens is 8. The molecule has 2 N–H and O–H groups in total. The Morgan fingerprint density at radius 3 is 0.826 bits per heavy atom. The van der Waals surface area contributed by atoms with Crippen molar-refractivity contribution in [2.75, 3.05) is 0 Å². The first kappa shape index (κ1) is 30.9. The van der Waals surface area contributed by atoms with E-state index in [1.807, 2.05) is 97.1 Å². The molecular formula is C32H19AlCl5N8-. The quantitative estimate of drug-likeness (QED) is 0.151. The Bertz CT molecular complexity index is 2150. The highest BCUT2D eigenvalue weighted by molar-refractivity contribution is 7.81. The topological polar surface area (TPSA) is 109 Å². The van der Waals surface area contributed by atoms with Gasteiger partial charge in [0.2, 0.25) is 0 Å². The van der Waals surface area contributed by atoms with Gasteiger partial charge in [0.25, 0.3) is 0 Å². The maximum Gasteiger partial charge on any atom is 0.564 e. The number of hydrogen-bond donors (Lipinski definition) is 2. The highest BCUT2D eigenvalue weighted by Crippen LogP contribution is 2.36. The molecule has 0 fully saturated rings. The number of aromatic amines is 2. The van der Waals surface area contributed by atoms with Gasteiger partial charge in [-0.25, -0.2) is 29.9 Å². The van der Waals surface area contributed by atoms with Crippen LogP contribution in [0.2, 0.25) is 0 Å². The number of hydrogen-bond acceptors (Lipinski definition) is 6. The van der Waals surface area contributed by atoms with Crippen LogP contribution in [0.3, 0.4) is 0 Å². The highest BCUT2D eigenvalue weighted by Gasteiger charge is 2.21. The van der Waals surface area contributed by atoms with Crippen LogP contribution in [-0.2, 0) is 0 Å². The Hall–Kier alpha value is -3.78. The van der Waals surface area contributed by atoms with Crippen LogP contribution in [0.5, 0.6) is 0 Å². The van der Waals surface area contributed by atoms with Gasteiger partial charge < -0.3 is 50.2 Å². The fourth-order valence-electron chi connectivity index (χ4n) is 5.59.